The molecule has 0 heterocycles. The molecule has 3 aromatic carbocycles. The first-order valence-corrected chi connectivity index (χ1v) is 11.6. The molecule has 0 radical (unpaired) electrons. The highest BCUT2D eigenvalue weighted by molar-refractivity contribution is 7.39. The van der Waals surface area contributed by atoms with Crippen LogP contribution in [0.5, 0.6) is 5.75 Å². The monoisotopic (exact) mass is 422 g/mol. The number of hydrogen-bond acceptors (Lipinski definition) is 3. The first-order valence-electron chi connectivity index (χ1n) is 10.5. The van der Waals surface area contributed by atoms with Crippen molar-refractivity contribution < 1.29 is 14.3 Å². The molecule has 4 heteroatoms. The summed E-state index contributed by atoms with van der Waals surface area (Å²) in [6.07, 6.45) is 1.45. The Kier molecular flexibility index (Phi) is 7.66. The second-order valence-corrected chi connectivity index (χ2v) is 9.07. The Morgan fingerprint density at radius 2 is 1.20 bits per heavy atom. The highest BCUT2D eigenvalue weighted by Crippen LogP contribution is 2.35. The molecular formula is C26H31O3P. The molecular weight excluding hydrogens is 391 g/mol. The second kappa shape index (κ2) is 10.2. The molecule has 3 nitrogen and oxygen atoms in total. The second-order valence-electron chi connectivity index (χ2n) is 8.38. The molecule has 158 valence electrons. The Balaban J connectivity index is 1.92. The molecule has 0 saturated heterocycles. The molecule has 2 N–H and O–H groups in total. The van der Waals surface area contributed by atoms with E-state index in [0.717, 1.165) is 17.5 Å². The Labute approximate surface area is 181 Å². The lowest BCUT2D eigenvalue weighted by atomic mass is 9.92. The molecule has 0 aliphatic carbocycles. The zero-order valence-electron chi connectivity index (χ0n) is 18.2. The summed E-state index contributed by atoms with van der Waals surface area (Å²) >= 11 is 0. The average Bonchev–Trinajstić information content (AvgIpc) is 2.70. The molecule has 0 spiro atoms. The van der Waals surface area contributed by atoms with Crippen LogP contribution in [-0.2, 0) is 12.8 Å². The number of hydrogen-bond donors (Lipinski definition) is 2. The van der Waals surface area contributed by atoms with Crippen molar-refractivity contribution in [1.29, 1.82) is 0 Å². The summed E-state index contributed by atoms with van der Waals surface area (Å²) in [7, 11) is -2.46. The number of rotatable bonds is 8. The third-order valence-corrected chi connectivity index (χ3v) is 5.84. The zero-order chi connectivity index (χ0) is 21.7. The Hall–Kier alpha value is -2.19. The van der Waals surface area contributed by atoms with Crippen LogP contribution in [-0.4, -0.2) is 9.79 Å². The third kappa shape index (κ3) is 5.92. The molecule has 0 aliphatic heterocycles. The summed E-state index contributed by atoms with van der Waals surface area (Å²) in [5.74, 6) is 1.54. The van der Waals surface area contributed by atoms with Crippen molar-refractivity contribution in [1.82, 2.24) is 0 Å². The maximum atomic E-state index is 9.46. The Bertz CT molecular complexity index is 945. The van der Waals surface area contributed by atoms with Crippen LogP contribution in [0.1, 0.15) is 72.9 Å². The highest BCUT2D eigenvalue weighted by atomic mass is 31.2. The van der Waals surface area contributed by atoms with Gasteiger partial charge in [0.25, 0.3) is 0 Å². The van der Waals surface area contributed by atoms with Gasteiger partial charge in [-0.2, -0.15) is 0 Å². The van der Waals surface area contributed by atoms with Gasteiger partial charge in [0.2, 0.25) is 0 Å². The largest absolute Gasteiger partial charge is 0.427 e. The fraction of sp³-hybridized carbons (Fsp3) is 0.308. The SMILES string of the molecule is CC(C)c1ccc(Cc2cccc(OP(O)O)c2Cc2ccc(C(C)C)cc2)cc1. The summed E-state index contributed by atoms with van der Waals surface area (Å²) in [4.78, 5) is 18.9. The fourth-order valence-corrected chi connectivity index (χ4v) is 3.96. The van der Waals surface area contributed by atoms with Crippen molar-refractivity contribution in [2.45, 2.75) is 52.4 Å². The summed E-state index contributed by atoms with van der Waals surface area (Å²) in [5, 5.41) is 0. The minimum Gasteiger partial charge on any atom is -0.427 e. The van der Waals surface area contributed by atoms with Gasteiger partial charge in [0.15, 0.2) is 0 Å². The minimum atomic E-state index is -2.46. The van der Waals surface area contributed by atoms with Crippen LogP contribution in [0.25, 0.3) is 0 Å². The van der Waals surface area contributed by atoms with Crippen LogP contribution in [0.2, 0.25) is 0 Å². The van der Waals surface area contributed by atoms with Crippen molar-refractivity contribution >= 4 is 8.60 Å². The van der Waals surface area contributed by atoms with Gasteiger partial charge in [-0.15, -0.1) is 0 Å². The van der Waals surface area contributed by atoms with Crippen molar-refractivity contribution in [2.75, 3.05) is 0 Å². The van der Waals surface area contributed by atoms with Crippen LogP contribution < -0.4 is 4.52 Å². The van der Waals surface area contributed by atoms with Crippen LogP contribution in [0.4, 0.5) is 0 Å². The van der Waals surface area contributed by atoms with Crippen molar-refractivity contribution in [3.8, 4) is 5.75 Å². The molecule has 0 unspecified atom stereocenters. The summed E-state index contributed by atoms with van der Waals surface area (Å²) in [6.45, 7) is 8.76. The van der Waals surface area contributed by atoms with E-state index in [1.807, 2.05) is 12.1 Å². The molecule has 3 aromatic rings. The van der Waals surface area contributed by atoms with E-state index in [1.54, 1.807) is 0 Å². The van der Waals surface area contributed by atoms with Gasteiger partial charge in [-0.1, -0.05) is 88.4 Å². The topological polar surface area (TPSA) is 49.7 Å². The zero-order valence-corrected chi connectivity index (χ0v) is 19.1. The van der Waals surface area contributed by atoms with E-state index in [0.29, 0.717) is 24.0 Å². The van der Waals surface area contributed by atoms with Crippen molar-refractivity contribution in [2.24, 2.45) is 0 Å². The maximum Gasteiger partial charge on any atom is 0.391 e. The third-order valence-electron chi connectivity index (χ3n) is 5.48. The van der Waals surface area contributed by atoms with E-state index < -0.39 is 8.60 Å². The predicted octanol–water partition coefficient (Wildman–Crippen LogP) is 6.71. The van der Waals surface area contributed by atoms with Gasteiger partial charge < -0.3 is 14.3 Å². The standard InChI is InChI=1S/C26H31O3P/c1-18(2)22-12-8-20(9-13-22)16-24-6-5-7-26(29-30(27)28)25(24)17-21-10-14-23(15-11-21)19(3)4/h5-15,18-19,27-28H,16-17H2,1-4H3. The van der Waals surface area contributed by atoms with Crippen molar-refractivity contribution in [3.63, 3.8) is 0 Å². The van der Waals surface area contributed by atoms with Gasteiger partial charge >= 0.3 is 8.60 Å². The normalized spacial score (nSPS) is 11.5. The molecule has 0 saturated carbocycles. The fourth-order valence-electron chi connectivity index (χ4n) is 3.62. The predicted molar refractivity (Wildman–Crippen MR) is 125 cm³/mol. The first-order chi connectivity index (χ1) is 14.3. The molecule has 3 rings (SSSR count). The van der Waals surface area contributed by atoms with Crippen LogP contribution in [0.15, 0.2) is 66.7 Å². The summed E-state index contributed by atoms with van der Waals surface area (Å²) in [6, 6.07) is 23.2. The Morgan fingerprint density at radius 3 is 1.67 bits per heavy atom. The maximum absolute atomic E-state index is 9.46. The number of benzene rings is 3. The highest BCUT2D eigenvalue weighted by Gasteiger charge is 2.15. The van der Waals surface area contributed by atoms with E-state index in [4.69, 9.17) is 4.52 Å². The van der Waals surface area contributed by atoms with Gasteiger partial charge in [-0.3, -0.25) is 0 Å². The van der Waals surface area contributed by atoms with E-state index in [1.165, 1.54) is 22.3 Å². The van der Waals surface area contributed by atoms with Gasteiger partial charge in [-0.05, 0) is 52.1 Å². The van der Waals surface area contributed by atoms with E-state index >= 15 is 0 Å². The quantitative estimate of drug-likeness (QED) is 0.397. The molecule has 0 aliphatic rings. The average molecular weight is 423 g/mol. The molecule has 0 bridgehead atoms. The van der Waals surface area contributed by atoms with Crippen molar-refractivity contribution in [3.05, 3.63) is 100 Å². The van der Waals surface area contributed by atoms with Gasteiger partial charge in [0.1, 0.15) is 5.75 Å². The molecule has 0 atom stereocenters. The summed E-state index contributed by atoms with van der Waals surface area (Å²) in [5.41, 5.74) is 7.17. The van der Waals surface area contributed by atoms with E-state index in [9.17, 15) is 9.79 Å². The van der Waals surface area contributed by atoms with Crippen LogP contribution in [0, 0.1) is 0 Å². The van der Waals surface area contributed by atoms with Gasteiger partial charge in [0, 0.05) is 12.0 Å². The van der Waals surface area contributed by atoms with E-state index in [2.05, 4.69) is 82.3 Å². The van der Waals surface area contributed by atoms with E-state index in [-0.39, 0.29) is 0 Å². The molecule has 30 heavy (non-hydrogen) atoms. The smallest absolute Gasteiger partial charge is 0.391 e. The molecule has 0 amide bonds. The van der Waals surface area contributed by atoms with Gasteiger partial charge in [0.05, 0.1) is 0 Å². The lowest BCUT2D eigenvalue weighted by Crippen LogP contribution is -2.01. The molecule has 0 aromatic heterocycles. The minimum absolute atomic E-state index is 0.492. The lowest BCUT2D eigenvalue weighted by molar-refractivity contribution is 0.373. The van der Waals surface area contributed by atoms with Gasteiger partial charge in [-0.25, -0.2) is 0 Å². The van der Waals surface area contributed by atoms with Crippen LogP contribution >= 0.6 is 8.60 Å². The summed E-state index contributed by atoms with van der Waals surface area (Å²) < 4.78 is 5.38. The van der Waals surface area contributed by atoms with Crippen LogP contribution in [0.3, 0.4) is 0 Å². The first kappa shape index (κ1) is 22.5. The Morgan fingerprint density at radius 1 is 0.700 bits per heavy atom. The molecule has 0 fully saturated rings. The lowest BCUT2D eigenvalue weighted by Gasteiger charge is -2.17.